The average molecular weight is 161 g/mol. The average Bonchev–Trinajstić information content (AvgIpc) is 2.15. The molecular weight excluding hydrogens is 148 g/mol. The van der Waals surface area contributed by atoms with E-state index < -0.39 is 5.60 Å². The van der Waals surface area contributed by atoms with Gasteiger partial charge in [0, 0.05) is 0 Å². The van der Waals surface area contributed by atoms with Crippen LogP contribution in [-0.4, -0.2) is 16.6 Å². The molecular formula is C8H13ClO. The van der Waals surface area contributed by atoms with Gasteiger partial charge < -0.3 is 5.11 Å². The molecule has 0 saturated heterocycles. The van der Waals surface area contributed by atoms with Crippen LogP contribution < -0.4 is 0 Å². The van der Waals surface area contributed by atoms with Crippen LogP contribution in [0.2, 0.25) is 0 Å². The maximum absolute atomic E-state index is 9.64. The van der Waals surface area contributed by atoms with Crippen molar-refractivity contribution in [3.8, 4) is 0 Å². The van der Waals surface area contributed by atoms with Crippen LogP contribution in [0, 0.1) is 0 Å². The second-order valence-corrected chi connectivity index (χ2v) is 3.15. The maximum Gasteiger partial charge on any atom is 0.0962 e. The largest absolute Gasteiger partial charge is 0.385 e. The molecule has 1 N–H and O–H groups in total. The van der Waals surface area contributed by atoms with Crippen LogP contribution >= 0.6 is 11.6 Å². The fourth-order valence-corrected chi connectivity index (χ4v) is 1.41. The molecule has 0 aromatic carbocycles. The van der Waals surface area contributed by atoms with Gasteiger partial charge >= 0.3 is 0 Å². The monoisotopic (exact) mass is 160 g/mol. The van der Waals surface area contributed by atoms with Crippen LogP contribution in [0.1, 0.15) is 25.7 Å². The van der Waals surface area contributed by atoms with E-state index in [0.29, 0.717) is 5.88 Å². The van der Waals surface area contributed by atoms with E-state index in [4.69, 9.17) is 11.6 Å². The molecule has 0 bridgehead atoms. The summed E-state index contributed by atoms with van der Waals surface area (Å²) in [5.41, 5.74) is -0.710. The molecule has 2 heteroatoms. The number of alkyl halides is 1. The Morgan fingerprint density at radius 1 is 1.50 bits per heavy atom. The molecule has 10 heavy (non-hydrogen) atoms. The van der Waals surface area contributed by atoms with E-state index in [1.165, 1.54) is 6.42 Å². The molecule has 1 aliphatic carbocycles. The summed E-state index contributed by atoms with van der Waals surface area (Å²) in [7, 11) is 0. The molecule has 1 atom stereocenters. The number of hydrogen-bond acceptors (Lipinski definition) is 1. The number of halogens is 1. The van der Waals surface area contributed by atoms with Crippen LogP contribution in [0.3, 0.4) is 0 Å². The molecule has 0 spiro atoms. The summed E-state index contributed by atoms with van der Waals surface area (Å²) in [6.45, 7) is 0. The van der Waals surface area contributed by atoms with Crippen molar-refractivity contribution in [3.05, 3.63) is 12.2 Å². The van der Waals surface area contributed by atoms with E-state index in [2.05, 4.69) is 0 Å². The predicted molar refractivity (Wildman–Crippen MR) is 43.3 cm³/mol. The van der Waals surface area contributed by atoms with Crippen molar-refractivity contribution in [2.45, 2.75) is 31.3 Å². The summed E-state index contributed by atoms with van der Waals surface area (Å²) >= 11 is 5.59. The van der Waals surface area contributed by atoms with E-state index in [-0.39, 0.29) is 0 Å². The zero-order chi connectivity index (χ0) is 7.45. The van der Waals surface area contributed by atoms with Crippen LogP contribution in [0.5, 0.6) is 0 Å². The van der Waals surface area contributed by atoms with Gasteiger partial charge in [-0.3, -0.25) is 0 Å². The van der Waals surface area contributed by atoms with Crippen molar-refractivity contribution in [1.29, 1.82) is 0 Å². The third-order valence-corrected chi connectivity index (χ3v) is 2.35. The fourth-order valence-electron chi connectivity index (χ4n) is 1.19. The first kappa shape index (κ1) is 8.09. The Morgan fingerprint density at radius 3 is 3.00 bits per heavy atom. The maximum atomic E-state index is 9.64. The van der Waals surface area contributed by atoms with E-state index in [1.54, 1.807) is 0 Å². The lowest BCUT2D eigenvalue weighted by Crippen LogP contribution is -2.27. The molecule has 1 aliphatic rings. The van der Waals surface area contributed by atoms with Gasteiger partial charge in [0.25, 0.3) is 0 Å². The molecule has 0 saturated carbocycles. The number of hydrogen-bond donors (Lipinski definition) is 1. The standard InChI is InChI=1S/C8H13ClO/c9-7-8(10)5-3-1-2-4-6-8/h3,5,10H,1-2,4,6-7H2/t8-/m1/s1. The Bertz CT molecular complexity index is 133. The van der Waals surface area contributed by atoms with Gasteiger partial charge in [-0.2, -0.15) is 0 Å². The summed E-state index contributed by atoms with van der Waals surface area (Å²) in [6, 6.07) is 0. The first-order valence-electron chi connectivity index (χ1n) is 3.73. The van der Waals surface area contributed by atoms with Crippen molar-refractivity contribution in [1.82, 2.24) is 0 Å². The normalized spacial score (nSPS) is 33.8. The van der Waals surface area contributed by atoms with Crippen molar-refractivity contribution in [3.63, 3.8) is 0 Å². The second kappa shape index (κ2) is 3.40. The van der Waals surface area contributed by atoms with Gasteiger partial charge in [0.05, 0.1) is 11.5 Å². The van der Waals surface area contributed by atoms with E-state index >= 15 is 0 Å². The Labute approximate surface area is 66.7 Å². The summed E-state index contributed by atoms with van der Waals surface area (Å²) in [5, 5.41) is 9.64. The van der Waals surface area contributed by atoms with Crippen LogP contribution in [-0.2, 0) is 0 Å². The van der Waals surface area contributed by atoms with Gasteiger partial charge in [0.1, 0.15) is 0 Å². The first-order chi connectivity index (χ1) is 4.77. The zero-order valence-electron chi connectivity index (χ0n) is 6.02. The summed E-state index contributed by atoms with van der Waals surface area (Å²) in [5.74, 6) is 0.323. The minimum atomic E-state index is -0.710. The van der Waals surface area contributed by atoms with E-state index in [1.807, 2.05) is 12.2 Å². The Morgan fingerprint density at radius 2 is 2.30 bits per heavy atom. The number of aliphatic hydroxyl groups is 1. The summed E-state index contributed by atoms with van der Waals surface area (Å²) in [6.07, 6.45) is 8.01. The van der Waals surface area contributed by atoms with Crippen molar-refractivity contribution < 1.29 is 5.11 Å². The quantitative estimate of drug-likeness (QED) is 0.460. The SMILES string of the molecule is O[C@]1(CCl)C=CCCCC1. The lowest BCUT2D eigenvalue weighted by molar-refractivity contribution is 0.105. The van der Waals surface area contributed by atoms with Gasteiger partial charge in [-0.1, -0.05) is 12.2 Å². The van der Waals surface area contributed by atoms with Crippen LogP contribution in [0.25, 0.3) is 0 Å². The van der Waals surface area contributed by atoms with Gasteiger partial charge in [0.15, 0.2) is 0 Å². The highest BCUT2D eigenvalue weighted by Gasteiger charge is 2.22. The minimum absolute atomic E-state index is 0.323. The zero-order valence-corrected chi connectivity index (χ0v) is 6.77. The van der Waals surface area contributed by atoms with Crippen LogP contribution in [0.4, 0.5) is 0 Å². The number of allylic oxidation sites excluding steroid dienone is 1. The van der Waals surface area contributed by atoms with Crippen molar-refractivity contribution in [2.24, 2.45) is 0 Å². The Balaban J connectivity index is 2.55. The molecule has 0 radical (unpaired) electrons. The van der Waals surface area contributed by atoms with E-state index in [9.17, 15) is 5.11 Å². The molecule has 1 nitrogen and oxygen atoms in total. The van der Waals surface area contributed by atoms with Gasteiger partial charge in [-0.15, -0.1) is 11.6 Å². The predicted octanol–water partition coefficient (Wildman–Crippen LogP) is 2.09. The highest BCUT2D eigenvalue weighted by atomic mass is 35.5. The molecule has 0 amide bonds. The van der Waals surface area contributed by atoms with Gasteiger partial charge in [0.2, 0.25) is 0 Å². The highest BCUT2D eigenvalue weighted by molar-refractivity contribution is 6.18. The summed E-state index contributed by atoms with van der Waals surface area (Å²) < 4.78 is 0. The third-order valence-electron chi connectivity index (χ3n) is 1.89. The topological polar surface area (TPSA) is 20.2 Å². The lowest BCUT2D eigenvalue weighted by Gasteiger charge is -2.19. The Hall–Kier alpha value is -0.0100. The van der Waals surface area contributed by atoms with Crippen molar-refractivity contribution >= 4 is 11.6 Å². The fraction of sp³-hybridized carbons (Fsp3) is 0.750. The molecule has 0 aliphatic heterocycles. The smallest absolute Gasteiger partial charge is 0.0962 e. The molecule has 0 aromatic heterocycles. The Kier molecular flexibility index (Phi) is 2.75. The first-order valence-corrected chi connectivity index (χ1v) is 4.26. The molecule has 0 fully saturated rings. The third kappa shape index (κ3) is 1.99. The molecule has 0 unspecified atom stereocenters. The van der Waals surface area contributed by atoms with Crippen LogP contribution in [0.15, 0.2) is 12.2 Å². The molecule has 0 aromatic rings. The molecule has 1 rings (SSSR count). The lowest BCUT2D eigenvalue weighted by atomic mass is 10.0. The van der Waals surface area contributed by atoms with Gasteiger partial charge in [-0.05, 0) is 25.7 Å². The van der Waals surface area contributed by atoms with E-state index in [0.717, 1.165) is 19.3 Å². The summed E-state index contributed by atoms with van der Waals surface area (Å²) in [4.78, 5) is 0. The molecule has 58 valence electrons. The highest BCUT2D eigenvalue weighted by Crippen LogP contribution is 2.22. The number of rotatable bonds is 1. The second-order valence-electron chi connectivity index (χ2n) is 2.89. The van der Waals surface area contributed by atoms with Crippen molar-refractivity contribution in [2.75, 3.05) is 5.88 Å². The van der Waals surface area contributed by atoms with Gasteiger partial charge in [-0.25, -0.2) is 0 Å². The minimum Gasteiger partial charge on any atom is -0.385 e. The molecule has 0 heterocycles.